The van der Waals surface area contributed by atoms with Crippen LogP contribution in [0.1, 0.15) is 30.0 Å². The molecule has 0 radical (unpaired) electrons. The number of carbonyl (C=O) groups is 1. The van der Waals surface area contributed by atoms with Crippen molar-refractivity contribution in [3.05, 3.63) is 75.7 Å². The lowest BCUT2D eigenvalue weighted by molar-refractivity contribution is 0.194. The molecule has 9 nitrogen and oxygen atoms in total. The zero-order valence-electron chi connectivity index (χ0n) is 18.7. The van der Waals surface area contributed by atoms with Gasteiger partial charge in [0.2, 0.25) is 0 Å². The summed E-state index contributed by atoms with van der Waals surface area (Å²) in [4.78, 5) is 23.5. The number of amides is 2. The Morgan fingerprint density at radius 2 is 2.03 bits per heavy atom. The topological polar surface area (TPSA) is 108 Å². The van der Waals surface area contributed by atoms with Crippen molar-refractivity contribution in [2.75, 3.05) is 23.7 Å². The molecule has 4 heterocycles. The van der Waals surface area contributed by atoms with Crippen molar-refractivity contribution in [3.63, 3.8) is 0 Å². The van der Waals surface area contributed by atoms with E-state index in [-0.39, 0.29) is 17.7 Å². The van der Waals surface area contributed by atoms with E-state index < -0.39 is 0 Å². The van der Waals surface area contributed by atoms with Gasteiger partial charge in [0.05, 0.1) is 10.7 Å². The molecule has 0 aliphatic carbocycles. The zero-order chi connectivity index (χ0) is 24.4. The number of hydrogen-bond acceptors (Lipinski definition) is 6. The van der Waals surface area contributed by atoms with Gasteiger partial charge in [0.1, 0.15) is 11.6 Å². The highest BCUT2D eigenvalue weighted by atomic mass is 79.9. The lowest BCUT2D eigenvalue weighted by atomic mass is 9.93. The molecule has 0 atom stereocenters. The second-order valence-electron chi connectivity index (χ2n) is 8.40. The average molecular weight is 557 g/mol. The van der Waals surface area contributed by atoms with Crippen LogP contribution in [0.25, 0.3) is 5.65 Å². The molecule has 3 N–H and O–H groups in total. The summed E-state index contributed by atoms with van der Waals surface area (Å²) < 4.78 is 2.61. The van der Waals surface area contributed by atoms with Gasteiger partial charge >= 0.3 is 6.03 Å². The molecule has 1 aromatic carbocycles. The van der Waals surface area contributed by atoms with Crippen LogP contribution in [0.3, 0.4) is 0 Å². The molecule has 0 bridgehead atoms. The number of anilines is 2. The van der Waals surface area contributed by atoms with Crippen LogP contribution in [0, 0.1) is 0 Å². The van der Waals surface area contributed by atoms with E-state index in [1.54, 1.807) is 27.9 Å². The fourth-order valence-electron chi connectivity index (χ4n) is 4.21. The van der Waals surface area contributed by atoms with E-state index in [9.17, 15) is 9.90 Å². The van der Waals surface area contributed by atoms with E-state index in [2.05, 4.69) is 36.6 Å². The number of hydrogen-bond donors (Lipinski definition) is 3. The molecule has 3 aromatic heterocycles. The summed E-state index contributed by atoms with van der Waals surface area (Å²) in [6, 6.07) is 10.3. The summed E-state index contributed by atoms with van der Waals surface area (Å²) in [6.07, 6.45) is 6.89. The zero-order valence-corrected chi connectivity index (χ0v) is 21.0. The van der Waals surface area contributed by atoms with Crippen LogP contribution in [0.4, 0.5) is 16.3 Å². The molecule has 1 saturated heterocycles. The fraction of sp³-hybridized carbons (Fsp3) is 0.250. The molecule has 4 aromatic rings. The summed E-state index contributed by atoms with van der Waals surface area (Å²) in [6.45, 7) is 1.80. The Morgan fingerprint density at radius 1 is 1.20 bits per heavy atom. The number of halogens is 2. The highest BCUT2D eigenvalue weighted by Crippen LogP contribution is 2.31. The van der Waals surface area contributed by atoms with Gasteiger partial charge in [-0.3, -0.25) is 4.98 Å². The van der Waals surface area contributed by atoms with Crippen LogP contribution >= 0.6 is 27.5 Å². The Balaban J connectivity index is 1.28. The van der Waals surface area contributed by atoms with Crippen LogP contribution < -0.4 is 10.6 Å². The number of nitrogens with one attached hydrogen (secondary N) is 2. The highest BCUT2D eigenvalue weighted by Gasteiger charge is 2.26. The molecule has 5 rings (SSSR count). The van der Waals surface area contributed by atoms with Gasteiger partial charge in [0.15, 0.2) is 5.65 Å². The first kappa shape index (κ1) is 23.4. The third kappa shape index (κ3) is 5.33. The fourth-order valence-corrected chi connectivity index (χ4v) is 4.79. The number of phenolic OH excluding ortho intramolecular Hbond substituents is 1. The number of fused-ring (bicyclic) bond motifs is 1. The molecule has 180 valence electrons. The first-order valence-electron chi connectivity index (χ1n) is 11.2. The van der Waals surface area contributed by atoms with E-state index in [1.165, 1.54) is 12.1 Å². The molecule has 35 heavy (non-hydrogen) atoms. The quantitative estimate of drug-likeness (QED) is 0.309. The SMILES string of the molecule is O=C(Nc1cc(O)cc(Cl)c1)N1CCC(c2cc(NCc3cccnc3)n3ncc(Br)c3n2)CC1. The third-order valence-electron chi connectivity index (χ3n) is 5.98. The van der Waals surface area contributed by atoms with Crippen LogP contribution in [0.5, 0.6) is 5.75 Å². The van der Waals surface area contributed by atoms with Gasteiger partial charge < -0.3 is 20.6 Å². The van der Waals surface area contributed by atoms with E-state index in [4.69, 9.17) is 16.6 Å². The lowest BCUT2D eigenvalue weighted by Crippen LogP contribution is -2.40. The van der Waals surface area contributed by atoms with Gasteiger partial charge in [-0.15, -0.1) is 0 Å². The smallest absolute Gasteiger partial charge is 0.321 e. The third-order valence-corrected chi connectivity index (χ3v) is 6.76. The van der Waals surface area contributed by atoms with E-state index in [0.717, 1.165) is 40.0 Å². The van der Waals surface area contributed by atoms with Crippen LogP contribution in [-0.2, 0) is 6.54 Å². The number of benzene rings is 1. The number of nitrogens with zero attached hydrogens (tertiary/aromatic N) is 5. The van der Waals surface area contributed by atoms with Crippen LogP contribution in [0.15, 0.2) is 59.5 Å². The Labute approximate surface area is 215 Å². The molecule has 1 aliphatic heterocycles. The van der Waals surface area contributed by atoms with E-state index in [0.29, 0.717) is 30.3 Å². The first-order chi connectivity index (χ1) is 17.0. The van der Waals surface area contributed by atoms with Gasteiger partial charge in [-0.05, 0) is 52.5 Å². The Hall–Kier alpha value is -3.37. The van der Waals surface area contributed by atoms with E-state index in [1.807, 2.05) is 24.4 Å². The maximum absolute atomic E-state index is 12.7. The summed E-state index contributed by atoms with van der Waals surface area (Å²) in [7, 11) is 0. The van der Waals surface area contributed by atoms with Crippen molar-refractivity contribution >= 4 is 50.7 Å². The number of urea groups is 1. The minimum Gasteiger partial charge on any atom is -0.508 e. The second kappa shape index (κ2) is 10.1. The van der Waals surface area contributed by atoms with Gasteiger partial charge in [0, 0.05) is 66.5 Å². The summed E-state index contributed by atoms with van der Waals surface area (Å²) in [5, 5.41) is 20.8. The number of piperidine rings is 1. The number of aromatic hydroxyl groups is 1. The number of rotatable bonds is 5. The van der Waals surface area contributed by atoms with Gasteiger partial charge in [-0.2, -0.15) is 9.61 Å². The summed E-state index contributed by atoms with van der Waals surface area (Å²) >= 11 is 9.52. The summed E-state index contributed by atoms with van der Waals surface area (Å²) in [5.41, 5.74) is 3.24. The van der Waals surface area contributed by atoms with Crippen molar-refractivity contribution in [2.24, 2.45) is 0 Å². The van der Waals surface area contributed by atoms with Crippen LogP contribution in [0.2, 0.25) is 5.02 Å². The Morgan fingerprint density at radius 3 is 2.77 bits per heavy atom. The minimum atomic E-state index is -0.217. The largest absolute Gasteiger partial charge is 0.508 e. The predicted octanol–water partition coefficient (Wildman–Crippen LogP) is 5.27. The molecular weight excluding hydrogens is 534 g/mol. The molecular formula is C24H23BrClN7O2. The maximum atomic E-state index is 12.7. The average Bonchev–Trinajstić information content (AvgIpc) is 3.23. The number of likely N-dealkylation sites (tertiary alicyclic amines) is 1. The second-order valence-corrected chi connectivity index (χ2v) is 9.69. The van der Waals surface area contributed by atoms with Crippen molar-refractivity contribution in [1.29, 1.82) is 0 Å². The Bertz CT molecular complexity index is 1340. The van der Waals surface area contributed by atoms with Crippen LogP contribution in [-0.4, -0.2) is 48.7 Å². The number of carbonyl (C=O) groups excluding carboxylic acids is 1. The maximum Gasteiger partial charge on any atom is 0.321 e. The molecule has 0 unspecified atom stereocenters. The highest BCUT2D eigenvalue weighted by molar-refractivity contribution is 9.10. The first-order valence-corrected chi connectivity index (χ1v) is 12.4. The molecule has 11 heteroatoms. The standard InChI is InChI=1S/C24H23BrClN7O2/c25-20-14-29-33-22(28-13-15-2-1-5-27-12-15)11-21(31-23(20)33)16-3-6-32(7-4-16)24(35)30-18-8-17(26)9-19(34)10-18/h1-2,5,8-12,14,16,28,34H,3-4,6-7,13H2,(H,30,35). The van der Waals surface area contributed by atoms with Crippen molar-refractivity contribution in [2.45, 2.75) is 25.3 Å². The molecule has 2 amide bonds. The van der Waals surface area contributed by atoms with Gasteiger partial charge in [-0.25, -0.2) is 9.78 Å². The van der Waals surface area contributed by atoms with Crippen molar-refractivity contribution < 1.29 is 9.90 Å². The molecule has 1 fully saturated rings. The van der Waals surface area contributed by atoms with E-state index >= 15 is 0 Å². The van der Waals surface area contributed by atoms with Gasteiger partial charge in [-0.1, -0.05) is 17.7 Å². The predicted molar refractivity (Wildman–Crippen MR) is 138 cm³/mol. The minimum absolute atomic E-state index is 0.00643. The molecule has 0 saturated carbocycles. The van der Waals surface area contributed by atoms with Crippen molar-refractivity contribution in [3.8, 4) is 5.75 Å². The number of aromatic nitrogens is 4. The Kier molecular flexibility index (Phi) is 6.74. The molecule has 0 spiro atoms. The summed E-state index contributed by atoms with van der Waals surface area (Å²) in [5.74, 6) is 1.06. The molecule has 1 aliphatic rings. The van der Waals surface area contributed by atoms with Gasteiger partial charge in [0.25, 0.3) is 0 Å². The lowest BCUT2D eigenvalue weighted by Gasteiger charge is -2.32. The van der Waals surface area contributed by atoms with Crippen molar-refractivity contribution in [1.82, 2.24) is 24.5 Å². The normalized spacial score (nSPS) is 14.3. The monoisotopic (exact) mass is 555 g/mol. The number of pyridine rings is 1. The number of phenols is 1.